The summed E-state index contributed by atoms with van der Waals surface area (Å²) in [6, 6.07) is 14.3. The minimum Gasteiger partial charge on any atom is -0.497 e. The quantitative estimate of drug-likeness (QED) is 0.764. The Kier molecular flexibility index (Phi) is 5.57. The van der Waals surface area contributed by atoms with Crippen molar-refractivity contribution in [1.29, 1.82) is 0 Å². The lowest BCUT2D eigenvalue weighted by molar-refractivity contribution is -0.139. The van der Waals surface area contributed by atoms with Crippen molar-refractivity contribution in [3.8, 4) is 5.75 Å². The molecular formula is C17H18N2O4. The summed E-state index contributed by atoms with van der Waals surface area (Å²) in [6.07, 6.45) is 0.214. The van der Waals surface area contributed by atoms with E-state index in [1.807, 2.05) is 30.3 Å². The number of aliphatic carboxylic acids is 1. The van der Waals surface area contributed by atoms with Crippen molar-refractivity contribution in [2.24, 2.45) is 0 Å². The molecule has 0 aliphatic heterocycles. The molecule has 0 saturated heterocycles. The lowest BCUT2D eigenvalue weighted by atomic mass is 10.1. The molecule has 1 atom stereocenters. The third-order valence-electron chi connectivity index (χ3n) is 3.23. The number of anilines is 1. The Labute approximate surface area is 134 Å². The maximum absolute atomic E-state index is 12.0. The van der Waals surface area contributed by atoms with Gasteiger partial charge >= 0.3 is 12.0 Å². The van der Waals surface area contributed by atoms with Gasteiger partial charge in [0, 0.05) is 12.1 Å². The molecule has 0 heterocycles. The van der Waals surface area contributed by atoms with E-state index in [9.17, 15) is 14.7 Å². The predicted molar refractivity (Wildman–Crippen MR) is 86.7 cm³/mol. The van der Waals surface area contributed by atoms with E-state index in [2.05, 4.69) is 10.6 Å². The van der Waals surface area contributed by atoms with E-state index in [0.717, 1.165) is 5.56 Å². The van der Waals surface area contributed by atoms with Crippen LogP contribution in [0.3, 0.4) is 0 Å². The van der Waals surface area contributed by atoms with E-state index in [0.29, 0.717) is 11.4 Å². The van der Waals surface area contributed by atoms with Gasteiger partial charge in [-0.3, -0.25) is 0 Å². The van der Waals surface area contributed by atoms with Crippen molar-refractivity contribution in [3.05, 3.63) is 60.2 Å². The summed E-state index contributed by atoms with van der Waals surface area (Å²) in [5.41, 5.74) is 1.39. The van der Waals surface area contributed by atoms with E-state index in [1.54, 1.807) is 31.4 Å². The van der Waals surface area contributed by atoms with Crippen molar-refractivity contribution in [2.75, 3.05) is 12.4 Å². The Hall–Kier alpha value is -3.02. The highest BCUT2D eigenvalue weighted by atomic mass is 16.5. The van der Waals surface area contributed by atoms with Gasteiger partial charge in [0.1, 0.15) is 11.8 Å². The first kappa shape index (κ1) is 16.4. The maximum atomic E-state index is 12.0. The Bertz CT molecular complexity index is 656. The molecule has 0 saturated carbocycles. The number of benzene rings is 2. The van der Waals surface area contributed by atoms with Gasteiger partial charge in [-0.05, 0) is 29.8 Å². The molecule has 2 amide bonds. The summed E-state index contributed by atoms with van der Waals surface area (Å²) in [5.74, 6) is -0.415. The van der Waals surface area contributed by atoms with Crippen LogP contribution in [0.1, 0.15) is 5.56 Å². The van der Waals surface area contributed by atoms with E-state index < -0.39 is 18.0 Å². The van der Waals surface area contributed by atoms with Crippen LogP contribution in [0.25, 0.3) is 0 Å². The van der Waals surface area contributed by atoms with Gasteiger partial charge in [-0.1, -0.05) is 30.3 Å². The van der Waals surface area contributed by atoms with Gasteiger partial charge in [0.05, 0.1) is 7.11 Å². The van der Waals surface area contributed by atoms with E-state index in [1.165, 1.54) is 0 Å². The van der Waals surface area contributed by atoms with Gasteiger partial charge in [0.2, 0.25) is 0 Å². The number of urea groups is 1. The van der Waals surface area contributed by atoms with Crippen LogP contribution < -0.4 is 15.4 Å². The molecule has 0 spiro atoms. The molecule has 0 aromatic heterocycles. The molecule has 0 aliphatic carbocycles. The second kappa shape index (κ2) is 7.84. The zero-order valence-corrected chi connectivity index (χ0v) is 12.7. The first-order valence-corrected chi connectivity index (χ1v) is 7.07. The van der Waals surface area contributed by atoms with Gasteiger partial charge in [-0.2, -0.15) is 0 Å². The number of carboxylic acids is 1. The molecule has 6 heteroatoms. The maximum Gasteiger partial charge on any atom is 0.326 e. The highest BCUT2D eigenvalue weighted by Crippen LogP contribution is 2.14. The number of carbonyl (C=O) groups excluding carboxylic acids is 1. The molecule has 6 nitrogen and oxygen atoms in total. The topological polar surface area (TPSA) is 87.7 Å². The standard InChI is InChI=1S/C17H18N2O4/c1-23-14-9-7-13(8-10-14)18-17(22)19-15(16(20)21)11-12-5-3-2-4-6-12/h2-10,15H,11H2,1H3,(H,20,21)(H2,18,19,22)/t15-/m0/s1. The smallest absolute Gasteiger partial charge is 0.326 e. The molecule has 0 radical (unpaired) electrons. The third kappa shape index (κ3) is 5.03. The average Bonchev–Trinajstić information content (AvgIpc) is 2.56. The van der Waals surface area contributed by atoms with Crippen molar-refractivity contribution in [2.45, 2.75) is 12.5 Å². The lowest BCUT2D eigenvalue weighted by Crippen LogP contribution is -2.44. The van der Waals surface area contributed by atoms with E-state index in [-0.39, 0.29) is 6.42 Å². The van der Waals surface area contributed by atoms with Gasteiger partial charge in [-0.25, -0.2) is 9.59 Å². The fourth-order valence-electron chi connectivity index (χ4n) is 2.05. The van der Waals surface area contributed by atoms with Crippen molar-refractivity contribution in [1.82, 2.24) is 5.32 Å². The van der Waals surface area contributed by atoms with Crippen LogP contribution in [-0.4, -0.2) is 30.3 Å². The fourth-order valence-corrected chi connectivity index (χ4v) is 2.05. The molecule has 2 rings (SSSR count). The molecule has 0 bridgehead atoms. The normalized spacial score (nSPS) is 11.3. The Morgan fingerprint density at radius 3 is 2.30 bits per heavy atom. The number of hydrogen-bond donors (Lipinski definition) is 3. The number of nitrogens with one attached hydrogen (secondary N) is 2. The zero-order chi connectivity index (χ0) is 16.7. The first-order valence-electron chi connectivity index (χ1n) is 7.07. The van der Waals surface area contributed by atoms with Crippen LogP contribution in [0.4, 0.5) is 10.5 Å². The number of carboxylic acid groups (broad SMARTS) is 1. The summed E-state index contributed by atoms with van der Waals surface area (Å²) in [5, 5.41) is 14.3. The van der Waals surface area contributed by atoms with E-state index >= 15 is 0 Å². The van der Waals surface area contributed by atoms with Gasteiger partial charge < -0.3 is 20.5 Å². The van der Waals surface area contributed by atoms with Crippen molar-refractivity contribution >= 4 is 17.7 Å². The summed E-state index contributed by atoms with van der Waals surface area (Å²) < 4.78 is 5.03. The number of carbonyl (C=O) groups is 2. The molecule has 0 unspecified atom stereocenters. The van der Waals surface area contributed by atoms with Crippen molar-refractivity contribution < 1.29 is 19.4 Å². The van der Waals surface area contributed by atoms with Crippen LogP contribution in [0.15, 0.2) is 54.6 Å². The molecule has 2 aromatic carbocycles. The predicted octanol–water partition coefficient (Wildman–Crippen LogP) is 2.51. The first-order chi connectivity index (χ1) is 11.1. The number of amides is 2. The number of methoxy groups -OCH3 is 1. The summed E-state index contributed by atoms with van der Waals surface area (Å²) >= 11 is 0. The van der Waals surface area contributed by atoms with Crippen LogP contribution in [0, 0.1) is 0 Å². The highest BCUT2D eigenvalue weighted by Gasteiger charge is 2.20. The second-order valence-corrected chi connectivity index (χ2v) is 4.91. The molecular weight excluding hydrogens is 296 g/mol. The Morgan fingerprint density at radius 2 is 1.74 bits per heavy atom. The average molecular weight is 314 g/mol. The molecule has 23 heavy (non-hydrogen) atoms. The lowest BCUT2D eigenvalue weighted by Gasteiger charge is -2.15. The summed E-state index contributed by atoms with van der Waals surface area (Å²) in [7, 11) is 1.55. The largest absolute Gasteiger partial charge is 0.497 e. The summed E-state index contributed by atoms with van der Waals surface area (Å²) in [6.45, 7) is 0. The number of ether oxygens (including phenoxy) is 1. The third-order valence-corrected chi connectivity index (χ3v) is 3.23. The number of hydrogen-bond acceptors (Lipinski definition) is 3. The molecule has 120 valence electrons. The van der Waals surface area contributed by atoms with Crippen LogP contribution in [-0.2, 0) is 11.2 Å². The highest BCUT2D eigenvalue weighted by molar-refractivity contribution is 5.92. The van der Waals surface area contributed by atoms with Gasteiger partial charge in [0.15, 0.2) is 0 Å². The monoisotopic (exact) mass is 314 g/mol. The van der Waals surface area contributed by atoms with Crippen LogP contribution in [0.5, 0.6) is 5.75 Å². The summed E-state index contributed by atoms with van der Waals surface area (Å²) in [4.78, 5) is 23.3. The second-order valence-electron chi connectivity index (χ2n) is 4.91. The van der Waals surface area contributed by atoms with Gasteiger partial charge in [-0.15, -0.1) is 0 Å². The van der Waals surface area contributed by atoms with Gasteiger partial charge in [0.25, 0.3) is 0 Å². The Balaban J connectivity index is 1.96. The fraction of sp³-hybridized carbons (Fsp3) is 0.176. The van der Waals surface area contributed by atoms with Crippen LogP contribution >= 0.6 is 0 Å². The molecule has 0 aliphatic rings. The van der Waals surface area contributed by atoms with Crippen molar-refractivity contribution in [3.63, 3.8) is 0 Å². The zero-order valence-electron chi connectivity index (χ0n) is 12.7. The molecule has 2 aromatic rings. The number of rotatable bonds is 6. The minimum absolute atomic E-state index is 0.214. The minimum atomic E-state index is -1.08. The Morgan fingerprint density at radius 1 is 1.09 bits per heavy atom. The molecule has 0 fully saturated rings. The van der Waals surface area contributed by atoms with E-state index in [4.69, 9.17) is 4.74 Å². The SMILES string of the molecule is COc1ccc(NC(=O)N[C@@H](Cc2ccccc2)C(=O)O)cc1. The molecule has 3 N–H and O–H groups in total. The van der Waals surface area contributed by atoms with Crippen LogP contribution in [0.2, 0.25) is 0 Å².